The molecule has 0 aromatic heterocycles. The van der Waals surface area contributed by atoms with Crippen LogP contribution in [0.2, 0.25) is 0 Å². The third-order valence-electron chi connectivity index (χ3n) is 0.476. The van der Waals surface area contributed by atoms with E-state index in [0.717, 1.165) is 5.92 Å². The Labute approximate surface area is 84.4 Å². The summed E-state index contributed by atoms with van der Waals surface area (Å²) in [4.78, 5) is 9.68. The van der Waals surface area contributed by atoms with E-state index in [2.05, 4.69) is 32.7 Å². The average Bonchev–Trinajstić information content (AvgIpc) is 2.16. The summed E-state index contributed by atoms with van der Waals surface area (Å²) in [5.41, 5.74) is 0.532. The molecule has 0 radical (unpaired) electrons. The van der Waals surface area contributed by atoms with Gasteiger partial charge in [-0.25, -0.2) is 0 Å². The van der Waals surface area contributed by atoms with E-state index < -0.39 is 0 Å². The zero-order valence-electron chi connectivity index (χ0n) is 6.19. The van der Waals surface area contributed by atoms with Gasteiger partial charge in [0.05, 0.1) is 5.70 Å². The molecule has 1 aliphatic heterocycles. The number of hydrogen-bond donors (Lipinski definition) is 1. The number of amides is 1. The van der Waals surface area contributed by atoms with Crippen molar-refractivity contribution < 1.29 is 4.79 Å². The van der Waals surface area contributed by atoms with Crippen molar-refractivity contribution in [1.82, 2.24) is 5.32 Å². The molecule has 1 heterocycles. The molecule has 1 saturated heterocycles. The van der Waals surface area contributed by atoms with E-state index in [-0.39, 0.29) is 35.5 Å². The molecule has 54 valence electrons. The van der Waals surface area contributed by atoms with E-state index in [0.29, 0.717) is 5.70 Å². The Bertz CT molecular complexity index is 117. The van der Waals surface area contributed by atoms with E-state index in [1.807, 2.05) is 0 Å². The standard InChI is InChI=1S/C4H10.C3H3NO.Na.H/c1-4(2)3;1-2-3(5)4-2;;/h4H,1-3H3;1H2,(H,4,5);;. The molecule has 2 nitrogen and oxygen atoms in total. The minimum absolute atomic E-state index is 0. The molecule has 0 spiro atoms. The Balaban J connectivity index is 0. The van der Waals surface area contributed by atoms with Crippen LogP contribution in [-0.4, -0.2) is 35.5 Å². The van der Waals surface area contributed by atoms with Gasteiger partial charge in [0.1, 0.15) is 0 Å². The number of hydrogen-bond acceptors (Lipinski definition) is 1. The molecule has 0 aromatic carbocycles. The summed E-state index contributed by atoms with van der Waals surface area (Å²) >= 11 is 0. The zero-order valence-corrected chi connectivity index (χ0v) is 6.19. The van der Waals surface area contributed by atoms with E-state index in [1.54, 1.807) is 0 Å². The Morgan fingerprint density at radius 2 is 1.50 bits per heavy atom. The van der Waals surface area contributed by atoms with E-state index in [4.69, 9.17) is 0 Å². The van der Waals surface area contributed by atoms with Crippen LogP contribution < -0.4 is 5.32 Å². The summed E-state index contributed by atoms with van der Waals surface area (Å²) in [7, 11) is 0. The molecule has 0 atom stereocenters. The predicted molar refractivity (Wildman–Crippen MR) is 44.9 cm³/mol. The summed E-state index contributed by atoms with van der Waals surface area (Å²) in [5.74, 6) is 0.810. The van der Waals surface area contributed by atoms with Crippen molar-refractivity contribution in [2.75, 3.05) is 0 Å². The van der Waals surface area contributed by atoms with E-state index in [9.17, 15) is 4.79 Å². The molecule has 0 aliphatic carbocycles. The van der Waals surface area contributed by atoms with Crippen molar-refractivity contribution in [2.45, 2.75) is 20.8 Å². The molecule has 3 heteroatoms. The minimum atomic E-state index is -0.0231. The molecule has 1 aliphatic rings. The van der Waals surface area contributed by atoms with Crippen molar-refractivity contribution in [3.8, 4) is 0 Å². The van der Waals surface area contributed by atoms with Gasteiger partial charge in [-0.05, 0) is 5.92 Å². The molecule has 1 fully saturated rings. The van der Waals surface area contributed by atoms with Crippen molar-refractivity contribution in [3.63, 3.8) is 0 Å². The van der Waals surface area contributed by atoms with Crippen LogP contribution in [-0.2, 0) is 4.79 Å². The van der Waals surface area contributed by atoms with Crippen LogP contribution in [0.1, 0.15) is 20.8 Å². The first kappa shape index (κ1) is 12.8. The third-order valence-corrected chi connectivity index (χ3v) is 0.476. The zero-order chi connectivity index (χ0) is 7.44. The van der Waals surface area contributed by atoms with E-state index in [1.165, 1.54) is 0 Å². The molecule has 10 heavy (non-hydrogen) atoms. The van der Waals surface area contributed by atoms with Gasteiger partial charge in [-0.3, -0.25) is 4.79 Å². The molecule has 0 bridgehead atoms. The maximum absolute atomic E-state index is 9.68. The fourth-order valence-corrected chi connectivity index (χ4v) is 0.106. The summed E-state index contributed by atoms with van der Waals surface area (Å²) in [6.07, 6.45) is 0. The second-order valence-electron chi connectivity index (χ2n) is 2.66. The molecular weight excluding hydrogens is 137 g/mol. The molecule has 0 aromatic rings. The Morgan fingerprint density at radius 3 is 1.50 bits per heavy atom. The van der Waals surface area contributed by atoms with Gasteiger partial charge in [0.25, 0.3) is 5.91 Å². The fraction of sp³-hybridized carbons (Fsp3) is 0.571. The summed E-state index contributed by atoms with van der Waals surface area (Å²) in [6.45, 7) is 9.79. The van der Waals surface area contributed by atoms with Gasteiger partial charge in [0.15, 0.2) is 0 Å². The molecule has 1 amide bonds. The Hall–Kier alpha value is 0.210. The van der Waals surface area contributed by atoms with Gasteiger partial charge in [0.2, 0.25) is 0 Å². The van der Waals surface area contributed by atoms with Crippen molar-refractivity contribution in [3.05, 3.63) is 12.3 Å². The normalized spacial score (nSPS) is 12.8. The van der Waals surface area contributed by atoms with Crippen LogP contribution in [0.15, 0.2) is 12.3 Å². The van der Waals surface area contributed by atoms with Crippen molar-refractivity contribution >= 4 is 35.5 Å². The second-order valence-corrected chi connectivity index (χ2v) is 2.66. The van der Waals surface area contributed by atoms with Gasteiger partial charge in [-0.2, -0.15) is 0 Å². The Morgan fingerprint density at radius 1 is 1.40 bits per heavy atom. The van der Waals surface area contributed by atoms with Gasteiger partial charge >= 0.3 is 29.6 Å². The van der Waals surface area contributed by atoms with Gasteiger partial charge in [0, 0.05) is 0 Å². The summed E-state index contributed by atoms with van der Waals surface area (Å²) in [6, 6.07) is 0. The number of rotatable bonds is 0. The molecule has 0 unspecified atom stereocenters. The topological polar surface area (TPSA) is 39.0 Å². The van der Waals surface area contributed by atoms with E-state index >= 15 is 0 Å². The van der Waals surface area contributed by atoms with Crippen LogP contribution >= 0.6 is 0 Å². The maximum atomic E-state index is 9.68. The first-order valence-electron chi connectivity index (χ1n) is 3.04. The van der Waals surface area contributed by atoms with Crippen LogP contribution in [0.25, 0.3) is 0 Å². The number of nitrogens with one attached hydrogen (secondary N) is 1. The Kier molecular flexibility index (Phi) is 7.65. The monoisotopic (exact) mass is 151 g/mol. The number of carbonyl (C=O) groups excluding carboxylic acids is 1. The quantitative estimate of drug-likeness (QED) is 0.308. The fourth-order valence-electron chi connectivity index (χ4n) is 0.106. The SMILES string of the molecule is C=C1NC1=O.CC(C)C.[NaH]. The van der Waals surface area contributed by atoms with Gasteiger partial charge in [-0.15, -0.1) is 0 Å². The number of carbonyl (C=O) groups is 1. The first-order valence-corrected chi connectivity index (χ1v) is 3.04. The van der Waals surface area contributed by atoms with Crippen LogP contribution in [0.5, 0.6) is 0 Å². The molecule has 1 rings (SSSR count). The van der Waals surface area contributed by atoms with Crippen molar-refractivity contribution in [1.29, 1.82) is 0 Å². The van der Waals surface area contributed by atoms with Crippen LogP contribution in [0, 0.1) is 5.92 Å². The predicted octanol–water partition coefficient (Wildman–Crippen LogP) is 0.644. The van der Waals surface area contributed by atoms with Gasteiger partial charge < -0.3 is 5.32 Å². The van der Waals surface area contributed by atoms with Crippen LogP contribution in [0.4, 0.5) is 0 Å². The first-order chi connectivity index (χ1) is 4.04. The third kappa shape index (κ3) is 11.1. The summed E-state index contributed by atoms with van der Waals surface area (Å²) < 4.78 is 0. The molecule has 0 saturated carbocycles. The second kappa shape index (κ2) is 5.96. The van der Waals surface area contributed by atoms with Crippen molar-refractivity contribution in [2.24, 2.45) is 5.92 Å². The van der Waals surface area contributed by atoms with Gasteiger partial charge in [-0.1, -0.05) is 27.4 Å². The molecule has 1 N–H and O–H groups in total. The summed E-state index contributed by atoms with van der Waals surface area (Å²) in [5, 5.41) is 2.36. The molecular formula is C7H14NNaO. The van der Waals surface area contributed by atoms with Crippen LogP contribution in [0.3, 0.4) is 0 Å². The average molecular weight is 151 g/mol.